The minimum Gasteiger partial charge on any atom is -0.493 e. The van der Waals surface area contributed by atoms with E-state index in [4.69, 9.17) is 30.9 Å². The van der Waals surface area contributed by atoms with Gasteiger partial charge in [0.25, 0.3) is 0 Å². The first-order valence-corrected chi connectivity index (χ1v) is 6.16. The Labute approximate surface area is 120 Å². The Morgan fingerprint density at radius 1 is 1.14 bits per heavy atom. The van der Waals surface area contributed by atoms with Gasteiger partial charge in [0, 0.05) is 11.3 Å². The summed E-state index contributed by atoms with van der Waals surface area (Å²) >= 11 is 0. The largest absolute Gasteiger partial charge is 0.493 e. The van der Waals surface area contributed by atoms with E-state index in [0.29, 0.717) is 0 Å². The number of nitrogen functional groups attached to an aromatic ring is 1. The molecule has 6 N–H and O–H groups in total. The third-order valence-electron chi connectivity index (χ3n) is 2.80. The molecule has 0 fully saturated rings. The van der Waals surface area contributed by atoms with Crippen molar-refractivity contribution in [2.75, 3.05) is 12.3 Å². The van der Waals surface area contributed by atoms with E-state index < -0.39 is 24.1 Å². The zero-order chi connectivity index (χ0) is 16.0. The minimum absolute atomic E-state index is 0.830. The molecule has 1 aromatic carbocycles. The van der Waals surface area contributed by atoms with Crippen LogP contribution in [-0.2, 0) is 16.0 Å². The average Bonchev–Trinajstić information content (AvgIpc) is 2.46. The van der Waals surface area contributed by atoms with Crippen LogP contribution in [-0.4, -0.2) is 51.2 Å². The Morgan fingerprint density at radius 2 is 1.71 bits per heavy atom. The molecule has 0 saturated heterocycles. The number of carbonyl (C=O) groups is 2. The maximum absolute atomic E-state index is 9.77. The average molecular weight is 299 g/mol. The van der Waals surface area contributed by atoms with E-state index in [2.05, 4.69) is 0 Å². The molecule has 2 atom stereocenters. The summed E-state index contributed by atoms with van der Waals surface area (Å²) in [5.41, 5.74) is 7.80. The van der Waals surface area contributed by atoms with Crippen molar-refractivity contribution in [2.24, 2.45) is 0 Å². The number of aliphatic hydroxyl groups is 2. The molecule has 8 nitrogen and oxygen atoms in total. The number of aliphatic carboxylic acids is 2. The second kappa shape index (κ2) is 7.46. The highest BCUT2D eigenvalue weighted by Crippen LogP contribution is 2.28. The lowest BCUT2D eigenvalue weighted by Crippen LogP contribution is -2.39. The third-order valence-corrected chi connectivity index (χ3v) is 2.80. The number of rotatable bonds is 3. The summed E-state index contributed by atoms with van der Waals surface area (Å²) in [4.78, 5) is 19.5. The molecule has 8 heteroatoms. The van der Waals surface area contributed by atoms with E-state index in [1.54, 1.807) is 0 Å². The predicted molar refractivity (Wildman–Crippen MR) is 72.0 cm³/mol. The van der Waals surface area contributed by atoms with E-state index in [0.717, 1.165) is 30.9 Å². The molecule has 0 aromatic heterocycles. The molecule has 0 saturated carbocycles. The highest BCUT2D eigenvalue weighted by atomic mass is 16.5. The maximum Gasteiger partial charge on any atom is 0.335 e. The van der Waals surface area contributed by atoms with Gasteiger partial charge in [-0.25, -0.2) is 9.59 Å². The molecule has 116 valence electrons. The van der Waals surface area contributed by atoms with Crippen LogP contribution >= 0.6 is 0 Å². The number of nitrogens with two attached hydrogens (primary N) is 1. The summed E-state index contributed by atoms with van der Waals surface area (Å²) in [6, 6.07) is 5.83. The van der Waals surface area contributed by atoms with Crippen LogP contribution < -0.4 is 10.5 Å². The topological polar surface area (TPSA) is 150 Å². The first-order valence-electron chi connectivity index (χ1n) is 6.16. The molecule has 0 radical (unpaired) electrons. The predicted octanol–water partition coefficient (Wildman–Crippen LogP) is -0.529. The van der Waals surface area contributed by atoms with E-state index >= 15 is 0 Å². The number of hydrogen-bond donors (Lipinski definition) is 5. The van der Waals surface area contributed by atoms with Crippen molar-refractivity contribution in [1.29, 1.82) is 0 Å². The van der Waals surface area contributed by atoms with E-state index in [1.165, 1.54) is 5.56 Å². The monoisotopic (exact) mass is 299 g/mol. The Hall–Kier alpha value is -2.32. The Bertz CT molecular complexity index is 499. The fraction of sp³-hybridized carbons (Fsp3) is 0.385. The van der Waals surface area contributed by atoms with Crippen LogP contribution in [0.15, 0.2) is 18.2 Å². The van der Waals surface area contributed by atoms with Gasteiger partial charge in [0.05, 0.1) is 6.61 Å². The van der Waals surface area contributed by atoms with Gasteiger partial charge in [-0.05, 0) is 25.0 Å². The molecule has 21 heavy (non-hydrogen) atoms. The van der Waals surface area contributed by atoms with E-state index in [1.807, 2.05) is 18.2 Å². The highest BCUT2D eigenvalue weighted by molar-refractivity contribution is 5.83. The van der Waals surface area contributed by atoms with Gasteiger partial charge in [0.15, 0.2) is 12.2 Å². The van der Waals surface area contributed by atoms with Crippen LogP contribution in [0.5, 0.6) is 5.75 Å². The van der Waals surface area contributed by atoms with Crippen molar-refractivity contribution in [3.8, 4) is 5.75 Å². The van der Waals surface area contributed by atoms with Crippen molar-refractivity contribution in [3.05, 3.63) is 23.8 Å². The van der Waals surface area contributed by atoms with Gasteiger partial charge >= 0.3 is 11.9 Å². The molecule has 1 aliphatic heterocycles. The summed E-state index contributed by atoms with van der Waals surface area (Å²) in [7, 11) is 0. The SMILES string of the molecule is Nc1cccc2c1CCCO2.O=C(O)C(O)C(O)C(=O)O. The van der Waals surface area contributed by atoms with Crippen LogP contribution in [0.2, 0.25) is 0 Å². The van der Waals surface area contributed by atoms with E-state index in [9.17, 15) is 9.59 Å². The number of carboxylic acids is 2. The number of aliphatic hydroxyl groups excluding tert-OH is 2. The normalized spacial score (nSPS) is 15.5. The van der Waals surface area contributed by atoms with Crippen molar-refractivity contribution >= 4 is 17.6 Å². The van der Waals surface area contributed by atoms with Crippen LogP contribution in [0.1, 0.15) is 12.0 Å². The van der Waals surface area contributed by atoms with Crippen molar-refractivity contribution < 1.29 is 34.8 Å². The second-order valence-corrected chi connectivity index (χ2v) is 4.34. The molecule has 0 aliphatic carbocycles. The van der Waals surface area contributed by atoms with Gasteiger partial charge in [-0.3, -0.25) is 0 Å². The van der Waals surface area contributed by atoms with E-state index in [-0.39, 0.29) is 0 Å². The molecule has 1 aromatic rings. The smallest absolute Gasteiger partial charge is 0.335 e. The second-order valence-electron chi connectivity index (χ2n) is 4.34. The number of ether oxygens (including phenoxy) is 1. The molecular weight excluding hydrogens is 282 g/mol. The first kappa shape index (κ1) is 16.7. The zero-order valence-corrected chi connectivity index (χ0v) is 11.1. The maximum atomic E-state index is 9.77. The molecule has 2 unspecified atom stereocenters. The molecule has 0 bridgehead atoms. The van der Waals surface area contributed by atoms with Crippen molar-refractivity contribution in [3.63, 3.8) is 0 Å². The quantitative estimate of drug-likeness (QED) is 0.467. The standard InChI is InChI=1S/C9H11NO.C4H6O6/c10-8-4-1-5-9-7(8)3-2-6-11-9;5-1(3(7)8)2(6)4(9)10/h1,4-5H,2-3,6,10H2;1-2,5-6H,(H,7,8)(H,9,10). The molecule has 1 heterocycles. The fourth-order valence-electron chi connectivity index (χ4n) is 1.69. The number of carboxylic acid groups (broad SMARTS) is 2. The zero-order valence-electron chi connectivity index (χ0n) is 11.1. The summed E-state index contributed by atoms with van der Waals surface area (Å²) in [6.45, 7) is 0.830. The Morgan fingerprint density at radius 3 is 2.19 bits per heavy atom. The fourth-order valence-corrected chi connectivity index (χ4v) is 1.69. The highest BCUT2D eigenvalue weighted by Gasteiger charge is 2.29. The number of anilines is 1. The lowest BCUT2D eigenvalue weighted by Gasteiger charge is -2.17. The molecule has 1 aliphatic rings. The lowest BCUT2D eigenvalue weighted by atomic mass is 10.0. The van der Waals surface area contributed by atoms with Gasteiger partial charge in [-0.1, -0.05) is 6.07 Å². The van der Waals surface area contributed by atoms with Crippen LogP contribution in [0, 0.1) is 0 Å². The number of hydrogen-bond acceptors (Lipinski definition) is 6. The lowest BCUT2D eigenvalue weighted by molar-refractivity contribution is -0.165. The van der Waals surface area contributed by atoms with Crippen LogP contribution in [0.3, 0.4) is 0 Å². The van der Waals surface area contributed by atoms with Gasteiger partial charge < -0.3 is 30.9 Å². The number of fused-ring (bicyclic) bond motifs is 1. The number of benzene rings is 1. The van der Waals surface area contributed by atoms with Gasteiger partial charge in [0.2, 0.25) is 0 Å². The third kappa shape index (κ3) is 4.62. The van der Waals surface area contributed by atoms with Crippen molar-refractivity contribution in [1.82, 2.24) is 0 Å². The summed E-state index contributed by atoms with van der Waals surface area (Å²) in [6.07, 6.45) is -2.39. The molecule has 0 amide bonds. The van der Waals surface area contributed by atoms with Gasteiger partial charge in [-0.2, -0.15) is 0 Å². The molecular formula is C13H17NO7. The van der Waals surface area contributed by atoms with Crippen LogP contribution in [0.25, 0.3) is 0 Å². The summed E-state index contributed by atoms with van der Waals surface area (Å²) in [5.74, 6) is -2.57. The minimum atomic E-state index is -2.27. The van der Waals surface area contributed by atoms with Crippen LogP contribution in [0.4, 0.5) is 5.69 Å². The van der Waals surface area contributed by atoms with Gasteiger partial charge in [0.1, 0.15) is 5.75 Å². The van der Waals surface area contributed by atoms with Crippen molar-refractivity contribution in [2.45, 2.75) is 25.0 Å². The Balaban J connectivity index is 0.000000212. The Kier molecular flexibility index (Phi) is 5.94. The summed E-state index contributed by atoms with van der Waals surface area (Å²) in [5, 5.41) is 32.5. The van der Waals surface area contributed by atoms with Gasteiger partial charge in [-0.15, -0.1) is 0 Å². The molecule has 0 spiro atoms. The molecule has 2 rings (SSSR count). The summed E-state index contributed by atoms with van der Waals surface area (Å²) < 4.78 is 5.42. The first-order chi connectivity index (χ1) is 9.84.